The molecule has 0 aliphatic heterocycles. The number of anilines is 1. The predicted octanol–water partition coefficient (Wildman–Crippen LogP) is 2.64. The van der Waals surface area contributed by atoms with Gasteiger partial charge in [-0.1, -0.05) is 35.9 Å². The van der Waals surface area contributed by atoms with Crippen LogP contribution in [0, 0.1) is 0 Å². The Morgan fingerprint density at radius 3 is 2.32 bits per heavy atom. The molecule has 0 aromatic heterocycles. The van der Waals surface area contributed by atoms with Crippen LogP contribution in [-0.4, -0.2) is 20.6 Å². The molecule has 2 aromatic carbocycles. The topological polar surface area (TPSA) is 75.3 Å². The molecule has 116 valence electrons. The summed E-state index contributed by atoms with van der Waals surface area (Å²) in [5.74, 6) is -0.299. The van der Waals surface area contributed by atoms with Gasteiger partial charge in [0.05, 0.1) is 16.8 Å². The summed E-state index contributed by atoms with van der Waals surface area (Å²) >= 11 is 5.97. The minimum absolute atomic E-state index is 0.206. The summed E-state index contributed by atoms with van der Waals surface area (Å²) in [4.78, 5) is 12.1. The first-order valence-corrected chi connectivity index (χ1v) is 8.71. The second-order valence-corrected chi connectivity index (χ2v) is 6.96. The summed E-state index contributed by atoms with van der Waals surface area (Å²) < 4.78 is 24.4. The molecule has 0 unspecified atom stereocenters. The largest absolute Gasteiger partial charge is 0.322 e. The third kappa shape index (κ3) is 4.84. The maximum atomic E-state index is 12.1. The van der Waals surface area contributed by atoms with Crippen LogP contribution in [0.3, 0.4) is 0 Å². The molecule has 0 aliphatic carbocycles. The lowest BCUT2D eigenvalue weighted by molar-refractivity contribution is 0.102. The van der Waals surface area contributed by atoms with E-state index < -0.39 is 10.0 Å². The lowest BCUT2D eigenvalue weighted by atomic mass is 10.2. The Morgan fingerprint density at radius 2 is 1.73 bits per heavy atom. The number of hydrogen-bond donors (Lipinski definition) is 2. The summed E-state index contributed by atoms with van der Waals surface area (Å²) in [6.45, 7) is 0.206. The van der Waals surface area contributed by atoms with Crippen LogP contribution < -0.4 is 10.0 Å². The van der Waals surface area contributed by atoms with Gasteiger partial charge in [-0.05, 0) is 29.8 Å². The van der Waals surface area contributed by atoms with Gasteiger partial charge in [-0.2, -0.15) is 0 Å². The Bertz CT molecular complexity index is 774. The fourth-order valence-electron chi connectivity index (χ4n) is 1.76. The maximum absolute atomic E-state index is 12.1. The monoisotopic (exact) mass is 338 g/mol. The summed E-state index contributed by atoms with van der Waals surface area (Å²) in [5.41, 5.74) is 1.79. The fraction of sp³-hybridized carbons (Fsp3) is 0.133. The van der Waals surface area contributed by atoms with E-state index in [4.69, 9.17) is 11.6 Å². The molecule has 0 fully saturated rings. The normalized spacial score (nSPS) is 11.2. The number of benzene rings is 2. The molecule has 2 aromatic rings. The summed E-state index contributed by atoms with van der Waals surface area (Å²) in [7, 11) is -3.23. The minimum atomic E-state index is -3.23. The van der Waals surface area contributed by atoms with Crippen molar-refractivity contribution in [1.82, 2.24) is 4.72 Å². The molecule has 2 N–H and O–H groups in total. The van der Waals surface area contributed by atoms with Gasteiger partial charge in [0.15, 0.2) is 0 Å². The fourth-order valence-corrected chi connectivity index (χ4v) is 2.41. The van der Waals surface area contributed by atoms with Crippen LogP contribution in [0.2, 0.25) is 5.02 Å². The van der Waals surface area contributed by atoms with Crippen molar-refractivity contribution >= 4 is 33.2 Å². The van der Waals surface area contributed by atoms with Crippen LogP contribution in [0.1, 0.15) is 15.9 Å². The third-order valence-corrected chi connectivity index (χ3v) is 3.87. The van der Waals surface area contributed by atoms with E-state index in [1.165, 1.54) is 0 Å². The second kappa shape index (κ2) is 6.91. The smallest absolute Gasteiger partial charge is 0.257 e. The molecule has 1 amide bonds. The number of halogens is 1. The van der Waals surface area contributed by atoms with E-state index in [2.05, 4.69) is 10.0 Å². The summed E-state index contributed by atoms with van der Waals surface area (Å²) in [5, 5.41) is 3.12. The SMILES string of the molecule is CS(=O)(=O)NCc1ccc(NC(=O)c2ccccc2Cl)cc1. The number of sulfonamides is 1. The molecule has 0 spiro atoms. The van der Waals surface area contributed by atoms with E-state index in [1.54, 1.807) is 48.5 Å². The molecule has 0 saturated carbocycles. The number of carbonyl (C=O) groups is 1. The number of hydrogen-bond acceptors (Lipinski definition) is 3. The van der Waals surface area contributed by atoms with E-state index in [0.717, 1.165) is 11.8 Å². The predicted molar refractivity (Wildman–Crippen MR) is 87.5 cm³/mol. The van der Waals surface area contributed by atoms with Crippen LogP contribution in [0.5, 0.6) is 0 Å². The molecule has 0 atom stereocenters. The first-order chi connectivity index (χ1) is 10.3. The van der Waals surface area contributed by atoms with Crippen LogP contribution in [-0.2, 0) is 16.6 Å². The van der Waals surface area contributed by atoms with E-state index >= 15 is 0 Å². The van der Waals surface area contributed by atoms with Crippen LogP contribution in [0.15, 0.2) is 48.5 Å². The molecule has 2 rings (SSSR count). The van der Waals surface area contributed by atoms with Crippen molar-refractivity contribution < 1.29 is 13.2 Å². The van der Waals surface area contributed by atoms with Crippen molar-refractivity contribution in [2.45, 2.75) is 6.54 Å². The zero-order chi connectivity index (χ0) is 16.2. The first-order valence-electron chi connectivity index (χ1n) is 6.44. The average molecular weight is 339 g/mol. The van der Waals surface area contributed by atoms with Crippen LogP contribution in [0.25, 0.3) is 0 Å². The highest BCUT2D eigenvalue weighted by molar-refractivity contribution is 7.88. The Hall–Kier alpha value is -1.89. The van der Waals surface area contributed by atoms with Gasteiger partial charge < -0.3 is 5.32 Å². The molecular weight excluding hydrogens is 324 g/mol. The molecule has 0 bridgehead atoms. The van der Waals surface area contributed by atoms with Crippen molar-refractivity contribution in [2.24, 2.45) is 0 Å². The number of rotatable bonds is 5. The Morgan fingerprint density at radius 1 is 1.09 bits per heavy atom. The summed E-state index contributed by atoms with van der Waals surface area (Å²) in [6, 6.07) is 13.7. The molecule has 22 heavy (non-hydrogen) atoms. The molecule has 0 radical (unpaired) electrons. The van der Waals surface area contributed by atoms with E-state index in [-0.39, 0.29) is 12.5 Å². The highest BCUT2D eigenvalue weighted by Gasteiger charge is 2.09. The van der Waals surface area contributed by atoms with Crippen molar-refractivity contribution in [3.8, 4) is 0 Å². The van der Waals surface area contributed by atoms with E-state index in [1.807, 2.05) is 0 Å². The van der Waals surface area contributed by atoms with Crippen molar-refractivity contribution in [1.29, 1.82) is 0 Å². The quantitative estimate of drug-likeness (QED) is 0.880. The number of nitrogens with one attached hydrogen (secondary N) is 2. The van der Waals surface area contributed by atoms with Crippen molar-refractivity contribution in [3.05, 3.63) is 64.7 Å². The minimum Gasteiger partial charge on any atom is -0.322 e. The highest BCUT2D eigenvalue weighted by atomic mass is 35.5. The Balaban J connectivity index is 2.02. The lowest BCUT2D eigenvalue weighted by Crippen LogP contribution is -2.21. The molecule has 0 heterocycles. The second-order valence-electron chi connectivity index (χ2n) is 4.72. The molecule has 0 saturated heterocycles. The zero-order valence-electron chi connectivity index (χ0n) is 11.8. The first kappa shape index (κ1) is 16.5. The van der Waals surface area contributed by atoms with E-state index in [0.29, 0.717) is 16.3 Å². The van der Waals surface area contributed by atoms with E-state index in [9.17, 15) is 13.2 Å². The Labute approximate surface area is 134 Å². The van der Waals surface area contributed by atoms with Gasteiger partial charge in [0.1, 0.15) is 0 Å². The van der Waals surface area contributed by atoms with Gasteiger partial charge in [0, 0.05) is 12.2 Å². The number of carbonyl (C=O) groups excluding carboxylic acids is 1. The molecular formula is C15H15ClN2O3S. The van der Waals surface area contributed by atoms with Gasteiger partial charge in [-0.3, -0.25) is 4.79 Å². The molecule has 5 nitrogen and oxygen atoms in total. The van der Waals surface area contributed by atoms with Gasteiger partial charge in [0.2, 0.25) is 10.0 Å². The molecule has 0 aliphatic rings. The standard InChI is InChI=1S/C15H15ClN2O3S/c1-22(20,21)17-10-11-6-8-12(9-7-11)18-15(19)13-4-2-3-5-14(13)16/h2-9,17H,10H2,1H3,(H,18,19). The van der Waals surface area contributed by atoms with Crippen LogP contribution >= 0.6 is 11.6 Å². The van der Waals surface area contributed by atoms with Crippen molar-refractivity contribution in [3.63, 3.8) is 0 Å². The zero-order valence-corrected chi connectivity index (χ0v) is 13.4. The van der Waals surface area contributed by atoms with Gasteiger partial charge in [-0.15, -0.1) is 0 Å². The number of amides is 1. The van der Waals surface area contributed by atoms with Gasteiger partial charge in [-0.25, -0.2) is 13.1 Å². The third-order valence-electron chi connectivity index (χ3n) is 2.87. The highest BCUT2D eigenvalue weighted by Crippen LogP contribution is 2.17. The lowest BCUT2D eigenvalue weighted by Gasteiger charge is -2.08. The van der Waals surface area contributed by atoms with Crippen LogP contribution in [0.4, 0.5) is 5.69 Å². The van der Waals surface area contributed by atoms with Crippen molar-refractivity contribution in [2.75, 3.05) is 11.6 Å². The Kier molecular flexibility index (Phi) is 5.18. The maximum Gasteiger partial charge on any atom is 0.257 e. The average Bonchev–Trinajstić information content (AvgIpc) is 2.46. The summed E-state index contributed by atoms with van der Waals surface area (Å²) in [6.07, 6.45) is 1.10. The van der Waals surface area contributed by atoms with Gasteiger partial charge >= 0.3 is 0 Å². The van der Waals surface area contributed by atoms with Gasteiger partial charge in [0.25, 0.3) is 5.91 Å². The molecule has 7 heteroatoms.